The number of nitrogens with one attached hydrogen (secondary N) is 1. The second-order valence-electron chi connectivity index (χ2n) is 7.86. The van der Waals surface area contributed by atoms with Crippen LogP contribution >= 0.6 is 11.6 Å². The summed E-state index contributed by atoms with van der Waals surface area (Å²) in [6.07, 6.45) is 5.62. The molecule has 1 aliphatic rings. The van der Waals surface area contributed by atoms with Gasteiger partial charge in [0.1, 0.15) is 17.4 Å². The molecule has 2 aromatic heterocycles. The Morgan fingerprint density at radius 2 is 1.86 bits per heavy atom. The third-order valence-corrected chi connectivity index (χ3v) is 5.83. The van der Waals surface area contributed by atoms with Crippen LogP contribution in [-0.4, -0.2) is 38.7 Å². The van der Waals surface area contributed by atoms with E-state index in [2.05, 4.69) is 20.4 Å². The standard InChI is InChI=1S/C24H19ClF2N6O2/c1-32-13-15(11-30-32)14-3-5-16(6-4-14)35-19-12-29-22-23(31-19)33(10-2-9-28-22)24(34)20-17(26)7-8-18(27)21(20)25/h3-8,11-13H,2,9-10H2,1H3,(H,28,29). The number of hydrogen-bond donors (Lipinski definition) is 1. The summed E-state index contributed by atoms with van der Waals surface area (Å²) in [5.74, 6) is -1.53. The third-order valence-electron chi connectivity index (χ3n) is 5.46. The van der Waals surface area contributed by atoms with Crippen LogP contribution in [-0.2, 0) is 7.05 Å². The van der Waals surface area contributed by atoms with Crippen molar-refractivity contribution in [3.8, 4) is 22.8 Å². The molecule has 0 saturated carbocycles. The van der Waals surface area contributed by atoms with Crippen molar-refractivity contribution >= 4 is 29.1 Å². The summed E-state index contributed by atoms with van der Waals surface area (Å²) >= 11 is 5.93. The highest BCUT2D eigenvalue weighted by Gasteiger charge is 2.30. The molecule has 35 heavy (non-hydrogen) atoms. The molecule has 0 saturated heterocycles. The Morgan fingerprint density at radius 3 is 2.60 bits per heavy atom. The SMILES string of the molecule is Cn1cc(-c2ccc(Oc3cnc4c(n3)N(C(=O)c3c(F)ccc(F)c3Cl)CCCN4)cc2)cn1. The lowest BCUT2D eigenvalue weighted by molar-refractivity contribution is 0.0982. The maximum Gasteiger partial charge on any atom is 0.264 e. The van der Waals surface area contributed by atoms with Gasteiger partial charge < -0.3 is 10.1 Å². The predicted molar refractivity (Wildman–Crippen MR) is 127 cm³/mol. The minimum Gasteiger partial charge on any atom is -0.437 e. The van der Waals surface area contributed by atoms with Crippen LogP contribution in [0.1, 0.15) is 16.8 Å². The van der Waals surface area contributed by atoms with Crippen molar-refractivity contribution in [1.29, 1.82) is 0 Å². The Bertz CT molecular complexity index is 1410. The second kappa shape index (κ2) is 9.30. The van der Waals surface area contributed by atoms with E-state index in [9.17, 15) is 13.6 Å². The van der Waals surface area contributed by atoms with Gasteiger partial charge in [0.25, 0.3) is 5.91 Å². The number of carbonyl (C=O) groups excluding carboxylic acids is 1. The van der Waals surface area contributed by atoms with Crippen molar-refractivity contribution in [2.45, 2.75) is 6.42 Å². The van der Waals surface area contributed by atoms with Gasteiger partial charge in [-0.05, 0) is 36.2 Å². The molecule has 0 radical (unpaired) electrons. The van der Waals surface area contributed by atoms with Gasteiger partial charge in [-0.15, -0.1) is 0 Å². The number of rotatable bonds is 4. The van der Waals surface area contributed by atoms with E-state index < -0.39 is 28.1 Å². The average Bonchev–Trinajstić information content (AvgIpc) is 3.17. The van der Waals surface area contributed by atoms with E-state index in [0.29, 0.717) is 24.5 Å². The normalized spacial score (nSPS) is 13.1. The Labute approximate surface area is 204 Å². The van der Waals surface area contributed by atoms with Gasteiger partial charge >= 0.3 is 0 Å². The lowest BCUT2D eigenvalue weighted by atomic mass is 10.1. The maximum atomic E-state index is 14.5. The van der Waals surface area contributed by atoms with Gasteiger partial charge in [-0.1, -0.05) is 23.7 Å². The van der Waals surface area contributed by atoms with Crippen LogP contribution in [0, 0.1) is 11.6 Å². The molecule has 1 aliphatic heterocycles. The zero-order valence-corrected chi connectivity index (χ0v) is 19.3. The van der Waals surface area contributed by atoms with E-state index in [1.54, 1.807) is 23.0 Å². The lowest BCUT2D eigenvalue weighted by Crippen LogP contribution is -2.33. The van der Waals surface area contributed by atoms with Gasteiger partial charge in [-0.2, -0.15) is 10.1 Å². The number of benzene rings is 2. The predicted octanol–water partition coefficient (Wildman–Crippen LogP) is 5.06. The van der Waals surface area contributed by atoms with Crippen LogP contribution in [0.5, 0.6) is 11.6 Å². The monoisotopic (exact) mass is 496 g/mol. The second-order valence-corrected chi connectivity index (χ2v) is 8.24. The number of halogens is 3. The molecule has 178 valence electrons. The summed E-state index contributed by atoms with van der Waals surface area (Å²) in [5.41, 5.74) is 1.37. The van der Waals surface area contributed by atoms with Gasteiger partial charge in [-0.3, -0.25) is 14.4 Å². The summed E-state index contributed by atoms with van der Waals surface area (Å²) in [5, 5.41) is 6.68. The zero-order valence-electron chi connectivity index (χ0n) is 18.5. The van der Waals surface area contributed by atoms with Crippen LogP contribution in [0.4, 0.5) is 20.4 Å². The van der Waals surface area contributed by atoms with Crippen molar-refractivity contribution in [1.82, 2.24) is 19.7 Å². The average molecular weight is 497 g/mol. The van der Waals surface area contributed by atoms with E-state index >= 15 is 0 Å². The minimum atomic E-state index is -0.922. The van der Waals surface area contributed by atoms with E-state index in [1.165, 1.54) is 11.1 Å². The van der Waals surface area contributed by atoms with Crippen molar-refractivity contribution in [3.63, 3.8) is 0 Å². The molecule has 11 heteroatoms. The van der Waals surface area contributed by atoms with Crippen LogP contribution in [0.25, 0.3) is 11.1 Å². The summed E-state index contributed by atoms with van der Waals surface area (Å²) in [6, 6.07) is 9.06. The molecule has 0 fully saturated rings. The number of ether oxygens (including phenoxy) is 1. The Morgan fingerprint density at radius 1 is 1.09 bits per heavy atom. The molecule has 5 rings (SSSR count). The van der Waals surface area contributed by atoms with Gasteiger partial charge in [-0.25, -0.2) is 13.8 Å². The quantitative estimate of drug-likeness (QED) is 0.397. The first-order chi connectivity index (χ1) is 16.9. The number of hydrogen-bond acceptors (Lipinski definition) is 6. The fraction of sp³-hybridized carbons (Fsp3) is 0.167. The van der Waals surface area contributed by atoms with Crippen LogP contribution < -0.4 is 15.0 Å². The number of carbonyl (C=O) groups is 1. The maximum absolute atomic E-state index is 14.5. The molecular formula is C24H19ClF2N6O2. The van der Waals surface area contributed by atoms with Crippen molar-refractivity contribution in [2.24, 2.45) is 7.05 Å². The molecule has 0 unspecified atom stereocenters. The molecule has 3 heterocycles. The summed E-state index contributed by atoms with van der Waals surface area (Å²) in [7, 11) is 1.84. The molecule has 1 amide bonds. The lowest BCUT2D eigenvalue weighted by Gasteiger charge is -2.22. The molecule has 0 spiro atoms. The number of fused-ring (bicyclic) bond motifs is 1. The van der Waals surface area contributed by atoms with Crippen molar-refractivity contribution < 1.29 is 18.3 Å². The molecule has 2 aromatic carbocycles. The van der Waals surface area contributed by atoms with Crippen LogP contribution in [0.15, 0.2) is 55.0 Å². The third kappa shape index (κ3) is 4.52. The van der Waals surface area contributed by atoms with E-state index in [1.807, 2.05) is 25.4 Å². The van der Waals surface area contributed by atoms with Gasteiger partial charge in [0, 0.05) is 31.9 Å². The summed E-state index contributed by atoms with van der Waals surface area (Å²) in [4.78, 5) is 23.2. The highest BCUT2D eigenvalue weighted by atomic mass is 35.5. The molecule has 0 bridgehead atoms. The van der Waals surface area contributed by atoms with E-state index in [-0.39, 0.29) is 18.2 Å². The zero-order chi connectivity index (χ0) is 24.5. The fourth-order valence-corrected chi connectivity index (χ4v) is 3.97. The highest BCUT2D eigenvalue weighted by molar-refractivity contribution is 6.34. The first-order valence-corrected chi connectivity index (χ1v) is 11.1. The summed E-state index contributed by atoms with van der Waals surface area (Å²) < 4.78 is 36.0. The van der Waals surface area contributed by atoms with Crippen molar-refractivity contribution in [3.05, 3.63) is 77.2 Å². The largest absolute Gasteiger partial charge is 0.437 e. The van der Waals surface area contributed by atoms with E-state index in [4.69, 9.17) is 16.3 Å². The first-order valence-electron chi connectivity index (χ1n) is 10.7. The van der Waals surface area contributed by atoms with E-state index in [0.717, 1.165) is 23.3 Å². The van der Waals surface area contributed by atoms with Gasteiger partial charge in [0.05, 0.1) is 23.0 Å². The molecule has 8 nitrogen and oxygen atoms in total. The fourth-order valence-electron chi connectivity index (χ4n) is 3.74. The number of nitrogens with zero attached hydrogens (tertiary/aromatic N) is 5. The topological polar surface area (TPSA) is 85.2 Å². The van der Waals surface area contributed by atoms with Gasteiger partial charge in [0.2, 0.25) is 5.88 Å². The molecular weight excluding hydrogens is 478 g/mol. The Balaban J connectivity index is 1.44. The number of amides is 1. The van der Waals surface area contributed by atoms with Crippen LogP contribution in [0.3, 0.4) is 0 Å². The summed E-state index contributed by atoms with van der Waals surface area (Å²) in [6.45, 7) is 0.712. The van der Waals surface area contributed by atoms with Crippen molar-refractivity contribution in [2.75, 3.05) is 23.3 Å². The highest BCUT2D eigenvalue weighted by Crippen LogP contribution is 2.32. The van der Waals surface area contributed by atoms with Crippen LogP contribution in [0.2, 0.25) is 5.02 Å². The number of anilines is 2. The minimum absolute atomic E-state index is 0.130. The first kappa shape index (κ1) is 22.7. The molecule has 1 N–H and O–H groups in total. The number of aromatic nitrogens is 4. The smallest absolute Gasteiger partial charge is 0.264 e. The molecule has 0 atom stereocenters. The number of aryl methyl sites for hydroxylation is 1. The van der Waals surface area contributed by atoms with Gasteiger partial charge in [0.15, 0.2) is 11.6 Å². The Hall–Kier alpha value is -4.05. The molecule has 0 aliphatic carbocycles. The molecule has 4 aromatic rings. The Kier molecular flexibility index (Phi) is 6.04.